The van der Waals surface area contributed by atoms with Crippen molar-refractivity contribution in [2.24, 2.45) is 0 Å². The molecule has 3 aromatic rings. The molecule has 6 heteroatoms. The molecule has 0 aliphatic heterocycles. The van der Waals surface area contributed by atoms with Crippen LogP contribution in [0.3, 0.4) is 0 Å². The highest BCUT2D eigenvalue weighted by Gasteiger charge is 2.12. The molecule has 0 saturated heterocycles. The van der Waals surface area contributed by atoms with Crippen molar-refractivity contribution in [3.05, 3.63) is 77.6 Å². The summed E-state index contributed by atoms with van der Waals surface area (Å²) in [4.78, 5) is 12.3. The Morgan fingerprint density at radius 2 is 2.08 bits per heavy atom. The largest absolute Gasteiger partial charge is 0.387 e. The van der Waals surface area contributed by atoms with Gasteiger partial charge in [-0.1, -0.05) is 41.1 Å². The van der Waals surface area contributed by atoms with Gasteiger partial charge in [-0.3, -0.25) is 4.79 Å². The second-order valence-corrected chi connectivity index (χ2v) is 5.54. The molecule has 1 aromatic heterocycles. The van der Waals surface area contributed by atoms with Crippen LogP contribution in [-0.2, 0) is 0 Å². The van der Waals surface area contributed by atoms with E-state index in [2.05, 4.69) is 15.6 Å². The molecule has 0 bridgehead atoms. The average molecular weight is 322 g/mol. The molecule has 0 aliphatic carbocycles. The van der Waals surface area contributed by atoms with Gasteiger partial charge in [0.25, 0.3) is 5.91 Å². The summed E-state index contributed by atoms with van der Waals surface area (Å²) in [5.74, 6) is -0.247. The zero-order valence-electron chi connectivity index (χ0n) is 13.3. The first-order chi connectivity index (χ1) is 11.6. The van der Waals surface area contributed by atoms with Crippen molar-refractivity contribution in [3.63, 3.8) is 0 Å². The first kappa shape index (κ1) is 15.9. The van der Waals surface area contributed by atoms with Gasteiger partial charge in [0, 0.05) is 12.1 Å². The summed E-state index contributed by atoms with van der Waals surface area (Å²) in [6, 6.07) is 14.7. The van der Waals surface area contributed by atoms with E-state index in [4.69, 9.17) is 0 Å². The van der Waals surface area contributed by atoms with Gasteiger partial charge in [-0.05, 0) is 30.7 Å². The van der Waals surface area contributed by atoms with Gasteiger partial charge in [-0.15, -0.1) is 5.10 Å². The minimum atomic E-state index is -0.743. The molecule has 0 aliphatic rings. The van der Waals surface area contributed by atoms with Gasteiger partial charge in [0.1, 0.15) is 0 Å². The highest BCUT2D eigenvalue weighted by Crippen LogP contribution is 2.14. The molecule has 2 N–H and O–H groups in total. The van der Waals surface area contributed by atoms with Crippen LogP contribution < -0.4 is 5.32 Å². The van der Waals surface area contributed by atoms with Crippen LogP contribution in [0, 0.1) is 6.92 Å². The summed E-state index contributed by atoms with van der Waals surface area (Å²) in [6.07, 6.45) is 2.54. The van der Waals surface area contributed by atoms with Crippen molar-refractivity contribution in [1.29, 1.82) is 0 Å². The average Bonchev–Trinajstić information content (AvgIpc) is 3.14. The smallest absolute Gasteiger partial charge is 0.251 e. The third-order valence-corrected chi connectivity index (χ3v) is 3.68. The zero-order valence-corrected chi connectivity index (χ0v) is 13.3. The molecule has 0 radical (unpaired) electrons. The van der Waals surface area contributed by atoms with Gasteiger partial charge in [0.15, 0.2) is 0 Å². The SMILES string of the molecule is Cc1cccc(C(O)CNC(=O)c2cccc(-n3ccnn3)c2)c1. The van der Waals surface area contributed by atoms with Crippen molar-refractivity contribution >= 4 is 5.91 Å². The number of aryl methyl sites for hydroxylation is 1. The van der Waals surface area contributed by atoms with Crippen LogP contribution in [0.5, 0.6) is 0 Å². The van der Waals surface area contributed by atoms with Gasteiger partial charge in [-0.25, -0.2) is 4.68 Å². The van der Waals surface area contributed by atoms with E-state index in [9.17, 15) is 9.90 Å². The highest BCUT2D eigenvalue weighted by atomic mass is 16.3. The van der Waals surface area contributed by atoms with Crippen LogP contribution in [-0.4, -0.2) is 32.6 Å². The van der Waals surface area contributed by atoms with Crippen LogP contribution in [0.15, 0.2) is 60.9 Å². The first-order valence-corrected chi connectivity index (χ1v) is 7.63. The molecule has 1 unspecified atom stereocenters. The van der Waals surface area contributed by atoms with Crippen molar-refractivity contribution in [3.8, 4) is 5.69 Å². The zero-order chi connectivity index (χ0) is 16.9. The summed E-state index contributed by atoms with van der Waals surface area (Å²) in [7, 11) is 0. The van der Waals surface area contributed by atoms with Gasteiger partial charge in [0.05, 0.1) is 24.2 Å². The number of aliphatic hydroxyl groups excluding tert-OH is 1. The van der Waals surface area contributed by atoms with Gasteiger partial charge >= 0.3 is 0 Å². The lowest BCUT2D eigenvalue weighted by Crippen LogP contribution is -2.28. The molecule has 1 amide bonds. The van der Waals surface area contributed by atoms with E-state index in [1.807, 2.05) is 37.3 Å². The fourth-order valence-corrected chi connectivity index (χ4v) is 2.42. The number of nitrogens with zero attached hydrogens (tertiary/aromatic N) is 3. The maximum atomic E-state index is 12.3. The Labute approximate surface area is 139 Å². The Morgan fingerprint density at radius 3 is 2.83 bits per heavy atom. The molecule has 1 heterocycles. The van der Waals surface area contributed by atoms with E-state index in [0.717, 1.165) is 16.8 Å². The van der Waals surface area contributed by atoms with Gasteiger partial charge in [-0.2, -0.15) is 0 Å². The van der Waals surface area contributed by atoms with Crippen LogP contribution >= 0.6 is 0 Å². The number of carbonyl (C=O) groups is 1. The summed E-state index contributed by atoms with van der Waals surface area (Å²) >= 11 is 0. The topological polar surface area (TPSA) is 80.0 Å². The van der Waals surface area contributed by atoms with E-state index >= 15 is 0 Å². The van der Waals surface area contributed by atoms with Crippen LogP contribution in [0.25, 0.3) is 5.69 Å². The molecule has 0 spiro atoms. The van der Waals surface area contributed by atoms with E-state index < -0.39 is 6.10 Å². The molecule has 122 valence electrons. The molecular formula is C18H18N4O2. The molecule has 24 heavy (non-hydrogen) atoms. The van der Waals surface area contributed by atoms with E-state index in [-0.39, 0.29) is 12.5 Å². The molecule has 0 saturated carbocycles. The molecule has 6 nitrogen and oxygen atoms in total. The number of nitrogens with one attached hydrogen (secondary N) is 1. The van der Waals surface area contributed by atoms with Gasteiger partial charge < -0.3 is 10.4 Å². The molecule has 0 fully saturated rings. The second-order valence-electron chi connectivity index (χ2n) is 5.54. The highest BCUT2D eigenvalue weighted by molar-refractivity contribution is 5.94. The second kappa shape index (κ2) is 7.06. The van der Waals surface area contributed by atoms with Crippen LogP contribution in [0.1, 0.15) is 27.6 Å². The number of hydrogen-bond acceptors (Lipinski definition) is 4. The maximum absolute atomic E-state index is 12.3. The molecule has 2 aromatic carbocycles. The Bertz CT molecular complexity index is 831. The lowest BCUT2D eigenvalue weighted by atomic mass is 10.1. The van der Waals surface area contributed by atoms with Crippen molar-refractivity contribution in [1.82, 2.24) is 20.3 Å². The Morgan fingerprint density at radius 1 is 1.25 bits per heavy atom. The Kier molecular flexibility index (Phi) is 4.67. The number of aromatic nitrogens is 3. The number of carbonyl (C=O) groups excluding carboxylic acids is 1. The number of aliphatic hydroxyl groups is 1. The number of amides is 1. The number of rotatable bonds is 5. The van der Waals surface area contributed by atoms with Crippen molar-refractivity contribution < 1.29 is 9.90 Å². The van der Waals surface area contributed by atoms with Crippen molar-refractivity contribution in [2.45, 2.75) is 13.0 Å². The third-order valence-electron chi connectivity index (χ3n) is 3.68. The Hall–Kier alpha value is -2.99. The summed E-state index contributed by atoms with van der Waals surface area (Å²) in [6.45, 7) is 2.11. The molecular weight excluding hydrogens is 304 g/mol. The van der Waals surface area contributed by atoms with E-state index in [0.29, 0.717) is 5.56 Å². The minimum absolute atomic E-state index is 0.149. The van der Waals surface area contributed by atoms with E-state index in [1.54, 1.807) is 35.3 Å². The van der Waals surface area contributed by atoms with Crippen LogP contribution in [0.4, 0.5) is 0 Å². The lowest BCUT2D eigenvalue weighted by molar-refractivity contribution is 0.0916. The summed E-state index contributed by atoms with van der Waals surface area (Å²) in [5.41, 5.74) is 3.10. The quantitative estimate of drug-likeness (QED) is 0.753. The standard InChI is InChI=1S/C18H18N4O2/c1-13-4-2-5-14(10-13)17(23)12-19-18(24)15-6-3-7-16(11-15)22-9-8-20-21-22/h2-11,17,23H,12H2,1H3,(H,19,24). The monoisotopic (exact) mass is 322 g/mol. The summed E-state index contributed by atoms with van der Waals surface area (Å²) in [5, 5.41) is 20.6. The molecule has 1 atom stereocenters. The van der Waals surface area contributed by atoms with Crippen LogP contribution in [0.2, 0.25) is 0 Å². The summed E-state index contributed by atoms with van der Waals surface area (Å²) < 4.78 is 1.58. The number of benzene rings is 2. The predicted octanol–water partition coefficient (Wildman–Crippen LogP) is 2.04. The predicted molar refractivity (Wildman–Crippen MR) is 89.8 cm³/mol. The molecule has 3 rings (SSSR count). The normalized spacial score (nSPS) is 11.9. The maximum Gasteiger partial charge on any atom is 0.251 e. The Balaban J connectivity index is 1.66. The van der Waals surface area contributed by atoms with Gasteiger partial charge in [0.2, 0.25) is 0 Å². The third kappa shape index (κ3) is 3.67. The fourth-order valence-electron chi connectivity index (χ4n) is 2.42. The van der Waals surface area contributed by atoms with E-state index in [1.165, 1.54) is 0 Å². The van der Waals surface area contributed by atoms with Crippen molar-refractivity contribution in [2.75, 3.05) is 6.54 Å². The fraction of sp³-hybridized carbons (Fsp3) is 0.167. The lowest BCUT2D eigenvalue weighted by Gasteiger charge is -2.13. The minimum Gasteiger partial charge on any atom is -0.387 e. The number of hydrogen-bond donors (Lipinski definition) is 2. The first-order valence-electron chi connectivity index (χ1n) is 7.63.